The molecule has 15 heavy (non-hydrogen) atoms. The molecule has 0 saturated carbocycles. The van der Waals surface area contributed by atoms with Gasteiger partial charge < -0.3 is 10.3 Å². The van der Waals surface area contributed by atoms with Crippen molar-refractivity contribution in [3.63, 3.8) is 0 Å². The summed E-state index contributed by atoms with van der Waals surface area (Å²) in [6, 6.07) is 4.21. The molecule has 0 aliphatic carbocycles. The van der Waals surface area contributed by atoms with Crippen molar-refractivity contribution < 1.29 is 0 Å². The Morgan fingerprint density at radius 3 is 2.60 bits per heavy atom. The molecule has 1 aromatic heterocycles. The first kappa shape index (κ1) is 10.2. The van der Waals surface area contributed by atoms with Crippen molar-refractivity contribution in [2.75, 3.05) is 0 Å². The van der Waals surface area contributed by atoms with Crippen molar-refractivity contribution in [2.24, 2.45) is 12.8 Å². The van der Waals surface area contributed by atoms with E-state index in [0.717, 1.165) is 16.9 Å². The Morgan fingerprint density at radius 1 is 1.33 bits per heavy atom. The Balaban J connectivity index is 2.82. The minimum atomic E-state index is -0.0258. The molecule has 0 fully saturated rings. The predicted octanol–water partition coefficient (Wildman–Crippen LogP) is 2.21. The zero-order valence-corrected chi connectivity index (χ0v) is 9.70. The van der Waals surface area contributed by atoms with Crippen LogP contribution in [0.25, 0.3) is 11.0 Å². The number of fused-ring (bicyclic) bond motifs is 1. The van der Waals surface area contributed by atoms with E-state index in [1.165, 1.54) is 11.1 Å². The summed E-state index contributed by atoms with van der Waals surface area (Å²) in [5.74, 6) is 0.943. The van der Waals surface area contributed by atoms with Gasteiger partial charge in [-0.05, 0) is 38.0 Å². The maximum Gasteiger partial charge on any atom is 0.126 e. The Kier molecular flexibility index (Phi) is 2.27. The smallest absolute Gasteiger partial charge is 0.126 e. The topological polar surface area (TPSA) is 43.8 Å². The van der Waals surface area contributed by atoms with Crippen molar-refractivity contribution in [1.82, 2.24) is 9.55 Å². The molecule has 2 aromatic rings. The zero-order chi connectivity index (χ0) is 11.2. The van der Waals surface area contributed by atoms with Gasteiger partial charge >= 0.3 is 0 Å². The average Bonchev–Trinajstić information content (AvgIpc) is 2.51. The lowest BCUT2D eigenvalue weighted by molar-refractivity contribution is 0.696. The normalized spacial score (nSPS) is 13.4. The van der Waals surface area contributed by atoms with Crippen molar-refractivity contribution in [3.05, 3.63) is 29.1 Å². The number of benzene rings is 1. The quantitative estimate of drug-likeness (QED) is 0.772. The molecule has 1 atom stereocenters. The number of nitrogens with two attached hydrogens (primary N) is 1. The van der Waals surface area contributed by atoms with E-state index in [1.54, 1.807) is 0 Å². The van der Waals surface area contributed by atoms with Crippen molar-refractivity contribution in [1.29, 1.82) is 0 Å². The Hall–Kier alpha value is -1.35. The minimum absolute atomic E-state index is 0.0258. The van der Waals surface area contributed by atoms with Gasteiger partial charge in [-0.15, -0.1) is 0 Å². The van der Waals surface area contributed by atoms with Crippen LogP contribution in [0, 0.1) is 13.8 Å². The molecule has 0 saturated heterocycles. The summed E-state index contributed by atoms with van der Waals surface area (Å²) in [7, 11) is 2.02. The first-order valence-electron chi connectivity index (χ1n) is 5.20. The fraction of sp³-hybridized carbons (Fsp3) is 0.417. The van der Waals surface area contributed by atoms with Crippen LogP contribution in [0.1, 0.15) is 29.9 Å². The lowest BCUT2D eigenvalue weighted by atomic mass is 10.1. The molecule has 3 nitrogen and oxygen atoms in total. The van der Waals surface area contributed by atoms with E-state index >= 15 is 0 Å². The van der Waals surface area contributed by atoms with Gasteiger partial charge in [0.05, 0.1) is 17.1 Å². The molecular formula is C12H17N3. The summed E-state index contributed by atoms with van der Waals surface area (Å²) in [4.78, 5) is 4.61. The lowest BCUT2D eigenvalue weighted by Gasteiger charge is -2.04. The third kappa shape index (κ3) is 1.43. The van der Waals surface area contributed by atoms with E-state index in [1.807, 2.05) is 14.0 Å². The summed E-state index contributed by atoms with van der Waals surface area (Å²) < 4.78 is 2.08. The predicted molar refractivity (Wildman–Crippen MR) is 62.8 cm³/mol. The van der Waals surface area contributed by atoms with E-state index in [0.29, 0.717) is 0 Å². The van der Waals surface area contributed by atoms with Crippen LogP contribution in [0.15, 0.2) is 12.1 Å². The summed E-state index contributed by atoms with van der Waals surface area (Å²) >= 11 is 0. The van der Waals surface area contributed by atoms with Crippen molar-refractivity contribution in [3.8, 4) is 0 Å². The van der Waals surface area contributed by atoms with Crippen LogP contribution in [-0.4, -0.2) is 9.55 Å². The molecule has 0 bridgehead atoms. The van der Waals surface area contributed by atoms with Gasteiger partial charge in [-0.3, -0.25) is 0 Å². The maximum atomic E-state index is 5.88. The van der Waals surface area contributed by atoms with Crippen LogP contribution in [-0.2, 0) is 7.05 Å². The van der Waals surface area contributed by atoms with Crippen LogP contribution in [0.5, 0.6) is 0 Å². The number of imidazole rings is 1. The number of nitrogens with zero attached hydrogens (tertiary/aromatic N) is 2. The maximum absolute atomic E-state index is 5.88. The molecule has 80 valence electrons. The Labute approximate surface area is 89.9 Å². The van der Waals surface area contributed by atoms with Gasteiger partial charge in [0.25, 0.3) is 0 Å². The summed E-state index contributed by atoms with van der Waals surface area (Å²) in [6.07, 6.45) is 0. The first-order chi connectivity index (χ1) is 7.02. The van der Waals surface area contributed by atoms with E-state index in [9.17, 15) is 0 Å². The third-order valence-electron chi connectivity index (χ3n) is 3.02. The minimum Gasteiger partial charge on any atom is -0.330 e. The molecule has 0 amide bonds. The highest BCUT2D eigenvalue weighted by Crippen LogP contribution is 2.23. The first-order valence-corrected chi connectivity index (χ1v) is 5.20. The molecule has 1 heterocycles. The van der Waals surface area contributed by atoms with E-state index < -0.39 is 0 Å². The van der Waals surface area contributed by atoms with Gasteiger partial charge in [-0.25, -0.2) is 4.98 Å². The van der Waals surface area contributed by atoms with Gasteiger partial charge in [0.2, 0.25) is 0 Å². The van der Waals surface area contributed by atoms with Crippen molar-refractivity contribution >= 4 is 11.0 Å². The monoisotopic (exact) mass is 203 g/mol. The molecule has 2 N–H and O–H groups in total. The van der Waals surface area contributed by atoms with Gasteiger partial charge in [0.15, 0.2) is 0 Å². The second-order valence-electron chi connectivity index (χ2n) is 4.19. The van der Waals surface area contributed by atoms with Crippen LogP contribution in [0.4, 0.5) is 0 Å². The lowest BCUT2D eigenvalue weighted by Crippen LogP contribution is -2.11. The standard InChI is InChI=1S/C12H17N3/c1-7-5-6-10-11(8(7)2)14-12(9(3)13)15(10)4/h5-6,9H,13H2,1-4H3. The van der Waals surface area contributed by atoms with Crippen LogP contribution < -0.4 is 5.73 Å². The van der Waals surface area contributed by atoms with E-state index in [4.69, 9.17) is 5.73 Å². The second-order valence-corrected chi connectivity index (χ2v) is 4.19. The van der Waals surface area contributed by atoms with E-state index in [-0.39, 0.29) is 6.04 Å². The van der Waals surface area contributed by atoms with Crippen molar-refractivity contribution in [2.45, 2.75) is 26.8 Å². The fourth-order valence-corrected chi connectivity index (χ4v) is 1.92. The van der Waals surface area contributed by atoms with Crippen LogP contribution in [0.3, 0.4) is 0 Å². The molecule has 0 radical (unpaired) electrons. The van der Waals surface area contributed by atoms with Gasteiger partial charge in [-0.1, -0.05) is 6.07 Å². The average molecular weight is 203 g/mol. The number of hydrogen-bond donors (Lipinski definition) is 1. The molecule has 3 heteroatoms. The number of rotatable bonds is 1. The second kappa shape index (κ2) is 3.35. The van der Waals surface area contributed by atoms with Crippen LogP contribution >= 0.6 is 0 Å². The summed E-state index contributed by atoms with van der Waals surface area (Å²) in [5, 5.41) is 0. The zero-order valence-electron chi connectivity index (χ0n) is 9.70. The largest absolute Gasteiger partial charge is 0.330 e. The summed E-state index contributed by atoms with van der Waals surface area (Å²) in [5.41, 5.74) is 10.6. The highest BCUT2D eigenvalue weighted by atomic mass is 15.1. The van der Waals surface area contributed by atoms with E-state index in [2.05, 4.69) is 35.5 Å². The van der Waals surface area contributed by atoms with Crippen LogP contribution in [0.2, 0.25) is 0 Å². The van der Waals surface area contributed by atoms with Gasteiger partial charge in [-0.2, -0.15) is 0 Å². The molecule has 0 aliphatic heterocycles. The molecule has 0 spiro atoms. The highest BCUT2D eigenvalue weighted by molar-refractivity contribution is 5.80. The SMILES string of the molecule is Cc1ccc2c(nc(C(C)N)n2C)c1C. The number of aromatic nitrogens is 2. The number of hydrogen-bond acceptors (Lipinski definition) is 2. The van der Waals surface area contributed by atoms with Gasteiger partial charge in [0, 0.05) is 7.05 Å². The summed E-state index contributed by atoms with van der Waals surface area (Å²) in [6.45, 7) is 6.17. The Bertz CT molecular complexity index is 509. The Morgan fingerprint density at radius 2 is 2.00 bits per heavy atom. The fourth-order valence-electron chi connectivity index (χ4n) is 1.92. The third-order valence-corrected chi connectivity index (χ3v) is 3.02. The molecule has 1 aromatic carbocycles. The molecule has 2 rings (SSSR count). The number of aryl methyl sites for hydroxylation is 3. The van der Waals surface area contributed by atoms with Gasteiger partial charge in [0.1, 0.15) is 5.82 Å². The highest BCUT2D eigenvalue weighted by Gasteiger charge is 2.12. The molecule has 0 aliphatic rings. The molecule has 1 unspecified atom stereocenters. The molecular weight excluding hydrogens is 186 g/mol.